The normalized spacial score (nSPS) is 15.6. The predicted molar refractivity (Wildman–Crippen MR) is 64.4 cm³/mol. The Labute approximate surface area is 104 Å². The lowest BCUT2D eigenvalue weighted by Gasteiger charge is -2.35. The lowest BCUT2D eigenvalue weighted by atomic mass is 10.2. The van der Waals surface area contributed by atoms with Crippen LogP contribution in [0.25, 0.3) is 0 Å². The van der Waals surface area contributed by atoms with Crippen LogP contribution in [0.1, 0.15) is 0 Å². The monoisotopic (exact) mass is 251 g/mol. The maximum absolute atomic E-state index is 12.8. The first-order valence-electron chi connectivity index (χ1n) is 5.67. The van der Waals surface area contributed by atoms with Gasteiger partial charge in [0.05, 0.1) is 0 Å². The Morgan fingerprint density at radius 3 is 2.11 bits per heavy atom. The molecule has 0 unspecified atom stereocenters. The Kier molecular flexibility index (Phi) is 3.45. The van der Waals surface area contributed by atoms with Crippen LogP contribution in [-0.2, 0) is 9.59 Å². The van der Waals surface area contributed by atoms with Gasteiger partial charge in [-0.1, -0.05) is 0 Å². The van der Waals surface area contributed by atoms with Crippen LogP contribution in [0.15, 0.2) is 24.3 Å². The number of piperazine rings is 1. The number of hydrogen-bond donors (Lipinski definition) is 1. The van der Waals surface area contributed by atoms with Crippen molar-refractivity contribution >= 4 is 17.5 Å². The summed E-state index contributed by atoms with van der Waals surface area (Å²) in [6.45, 7) is 2.09. The zero-order valence-electron chi connectivity index (χ0n) is 9.80. The molecule has 0 atom stereocenters. The Balaban J connectivity index is 1.96. The Hall–Kier alpha value is -2.11. The molecule has 1 aromatic rings. The first kappa shape index (κ1) is 12.3. The van der Waals surface area contributed by atoms with E-state index >= 15 is 0 Å². The molecule has 18 heavy (non-hydrogen) atoms. The molecule has 1 aromatic carbocycles. The van der Waals surface area contributed by atoms with Gasteiger partial charge in [-0.15, -0.1) is 0 Å². The minimum Gasteiger partial charge on any atom is -0.368 e. The number of amides is 2. The largest absolute Gasteiger partial charge is 0.368 e. The highest BCUT2D eigenvalue weighted by molar-refractivity contribution is 6.34. The molecule has 0 radical (unpaired) electrons. The van der Waals surface area contributed by atoms with Gasteiger partial charge in [-0.25, -0.2) is 4.39 Å². The molecule has 2 rings (SSSR count). The van der Waals surface area contributed by atoms with Gasteiger partial charge >= 0.3 is 11.8 Å². The van der Waals surface area contributed by atoms with Crippen molar-refractivity contribution in [1.29, 1.82) is 0 Å². The standard InChI is InChI=1S/C12H14FN3O2/c13-9-1-3-10(4-2-9)15-5-7-16(8-6-15)12(18)11(14)17/h1-4H,5-8H2,(H2,14,17). The van der Waals surface area contributed by atoms with Crippen LogP contribution in [0.4, 0.5) is 10.1 Å². The molecule has 1 aliphatic rings. The van der Waals surface area contributed by atoms with Crippen molar-refractivity contribution in [2.75, 3.05) is 31.1 Å². The number of benzene rings is 1. The lowest BCUT2D eigenvalue weighted by Crippen LogP contribution is -2.51. The summed E-state index contributed by atoms with van der Waals surface area (Å²) < 4.78 is 12.8. The third-order valence-electron chi connectivity index (χ3n) is 2.97. The van der Waals surface area contributed by atoms with E-state index in [1.54, 1.807) is 12.1 Å². The van der Waals surface area contributed by atoms with Crippen LogP contribution in [0, 0.1) is 5.82 Å². The number of carbonyl (C=O) groups is 2. The zero-order chi connectivity index (χ0) is 13.1. The third kappa shape index (κ3) is 2.58. The Bertz CT molecular complexity index is 453. The molecule has 1 heterocycles. The second-order valence-corrected chi connectivity index (χ2v) is 4.12. The van der Waals surface area contributed by atoms with E-state index in [1.807, 2.05) is 4.90 Å². The maximum atomic E-state index is 12.8. The second-order valence-electron chi connectivity index (χ2n) is 4.12. The van der Waals surface area contributed by atoms with Crippen molar-refractivity contribution in [3.05, 3.63) is 30.1 Å². The molecule has 0 aromatic heterocycles. The quantitative estimate of drug-likeness (QED) is 0.712. The first-order chi connectivity index (χ1) is 8.58. The molecule has 0 saturated carbocycles. The number of halogens is 1. The Morgan fingerprint density at radius 1 is 1.06 bits per heavy atom. The summed E-state index contributed by atoms with van der Waals surface area (Å²) in [5.41, 5.74) is 5.85. The zero-order valence-corrected chi connectivity index (χ0v) is 9.80. The van der Waals surface area contributed by atoms with Gasteiger partial charge in [0, 0.05) is 31.9 Å². The van der Waals surface area contributed by atoms with E-state index in [-0.39, 0.29) is 5.82 Å². The van der Waals surface area contributed by atoms with Crippen molar-refractivity contribution in [1.82, 2.24) is 4.90 Å². The summed E-state index contributed by atoms with van der Waals surface area (Å²) in [5, 5.41) is 0. The number of nitrogens with zero attached hydrogens (tertiary/aromatic N) is 2. The average molecular weight is 251 g/mol. The maximum Gasteiger partial charge on any atom is 0.311 e. The summed E-state index contributed by atoms with van der Waals surface area (Å²) in [4.78, 5) is 25.6. The van der Waals surface area contributed by atoms with E-state index in [4.69, 9.17) is 5.73 Å². The van der Waals surface area contributed by atoms with Crippen LogP contribution in [-0.4, -0.2) is 42.9 Å². The average Bonchev–Trinajstić information content (AvgIpc) is 2.39. The van der Waals surface area contributed by atoms with Gasteiger partial charge in [0.2, 0.25) is 0 Å². The number of rotatable bonds is 1. The number of primary amides is 1. The van der Waals surface area contributed by atoms with Gasteiger partial charge in [0.25, 0.3) is 0 Å². The van der Waals surface area contributed by atoms with Gasteiger partial charge in [0.15, 0.2) is 0 Å². The predicted octanol–water partition coefficient (Wildman–Crippen LogP) is -0.0404. The minimum atomic E-state index is -0.926. The van der Waals surface area contributed by atoms with Gasteiger partial charge in [-0.2, -0.15) is 0 Å². The minimum absolute atomic E-state index is 0.277. The van der Waals surface area contributed by atoms with E-state index in [0.717, 1.165) is 5.69 Å². The lowest BCUT2D eigenvalue weighted by molar-refractivity contribution is -0.144. The van der Waals surface area contributed by atoms with E-state index < -0.39 is 11.8 Å². The molecule has 0 aliphatic carbocycles. The SMILES string of the molecule is NC(=O)C(=O)N1CCN(c2ccc(F)cc2)CC1. The second kappa shape index (κ2) is 5.03. The highest BCUT2D eigenvalue weighted by Gasteiger charge is 2.24. The van der Waals surface area contributed by atoms with E-state index in [1.165, 1.54) is 17.0 Å². The van der Waals surface area contributed by atoms with Crippen LogP contribution in [0.5, 0.6) is 0 Å². The molecule has 0 bridgehead atoms. The fraction of sp³-hybridized carbons (Fsp3) is 0.333. The summed E-state index contributed by atoms with van der Waals surface area (Å²) in [6, 6.07) is 6.19. The highest BCUT2D eigenvalue weighted by atomic mass is 19.1. The summed E-state index contributed by atoms with van der Waals surface area (Å²) >= 11 is 0. The fourth-order valence-electron chi connectivity index (χ4n) is 1.98. The van der Waals surface area contributed by atoms with Crippen molar-refractivity contribution < 1.29 is 14.0 Å². The molecule has 0 spiro atoms. The molecule has 6 heteroatoms. The fourth-order valence-corrected chi connectivity index (χ4v) is 1.98. The van der Waals surface area contributed by atoms with Crippen LogP contribution in [0.2, 0.25) is 0 Å². The van der Waals surface area contributed by atoms with Crippen LogP contribution >= 0.6 is 0 Å². The third-order valence-corrected chi connectivity index (χ3v) is 2.97. The smallest absolute Gasteiger partial charge is 0.311 e. The van der Waals surface area contributed by atoms with Crippen LogP contribution in [0.3, 0.4) is 0 Å². The van der Waals surface area contributed by atoms with Gasteiger partial charge in [-0.3, -0.25) is 9.59 Å². The molecule has 1 aliphatic heterocycles. The first-order valence-corrected chi connectivity index (χ1v) is 5.67. The number of hydrogen-bond acceptors (Lipinski definition) is 3. The summed E-state index contributed by atoms with van der Waals surface area (Å²) in [6.07, 6.45) is 0. The number of anilines is 1. The molecule has 96 valence electrons. The Morgan fingerprint density at radius 2 is 1.61 bits per heavy atom. The van der Waals surface area contributed by atoms with Gasteiger partial charge < -0.3 is 15.5 Å². The van der Waals surface area contributed by atoms with E-state index in [0.29, 0.717) is 26.2 Å². The molecule has 2 N–H and O–H groups in total. The molecule has 1 saturated heterocycles. The van der Waals surface area contributed by atoms with Crippen molar-refractivity contribution in [2.45, 2.75) is 0 Å². The summed E-state index contributed by atoms with van der Waals surface area (Å²) in [5.74, 6) is -1.85. The number of carbonyl (C=O) groups excluding carboxylic acids is 2. The molecule has 2 amide bonds. The van der Waals surface area contributed by atoms with Crippen molar-refractivity contribution in [2.24, 2.45) is 5.73 Å². The molecule has 1 fully saturated rings. The van der Waals surface area contributed by atoms with E-state index in [9.17, 15) is 14.0 Å². The number of nitrogens with two attached hydrogens (primary N) is 1. The highest BCUT2D eigenvalue weighted by Crippen LogP contribution is 2.16. The van der Waals surface area contributed by atoms with Gasteiger partial charge in [-0.05, 0) is 24.3 Å². The topological polar surface area (TPSA) is 66.6 Å². The van der Waals surface area contributed by atoms with Crippen molar-refractivity contribution in [3.63, 3.8) is 0 Å². The molecular formula is C12H14FN3O2. The van der Waals surface area contributed by atoms with Crippen LogP contribution < -0.4 is 10.6 Å². The summed E-state index contributed by atoms with van der Waals surface area (Å²) in [7, 11) is 0. The van der Waals surface area contributed by atoms with Gasteiger partial charge in [0.1, 0.15) is 5.82 Å². The van der Waals surface area contributed by atoms with Crippen molar-refractivity contribution in [3.8, 4) is 0 Å². The van der Waals surface area contributed by atoms with E-state index in [2.05, 4.69) is 0 Å². The molecular weight excluding hydrogens is 237 g/mol. The molecule has 5 nitrogen and oxygen atoms in total.